The first kappa shape index (κ1) is 10.7. The van der Waals surface area contributed by atoms with Crippen LogP contribution in [0.4, 0.5) is 11.5 Å². The minimum absolute atomic E-state index is 0.263. The molecule has 2 aromatic rings. The maximum atomic E-state index is 10.7. The summed E-state index contributed by atoms with van der Waals surface area (Å²) in [5.41, 5.74) is 2.19. The monoisotopic (exact) mass is 244 g/mol. The second kappa shape index (κ2) is 3.80. The Labute approximate surface area is 104 Å². The highest BCUT2D eigenvalue weighted by Crippen LogP contribution is 2.39. The van der Waals surface area contributed by atoms with Gasteiger partial charge in [-0.3, -0.25) is 9.69 Å². The molecule has 0 aliphatic carbocycles. The van der Waals surface area contributed by atoms with Crippen LogP contribution in [-0.2, 0) is 0 Å². The molecule has 1 aromatic carbocycles. The Morgan fingerprint density at radius 2 is 2.28 bits per heavy atom. The van der Waals surface area contributed by atoms with Gasteiger partial charge in [-0.15, -0.1) is 0 Å². The van der Waals surface area contributed by atoms with Crippen LogP contribution in [0.25, 0.3) is 0 Å². The van der Waals surface area contributed by atoms with Crippen molar-refractivity contribution in [3.8, 4) is 11.5 Å². The number of nitrogens with one attached hydrogen (secondary N) is 1. The number of aromatic amines is 1. The molecule has 92 valence electrons. The van der Waals surface area contributed by atoms with Gasteiger partial charge in [0.1, 0.15) is 5.75 Å². The van der Waals surface area contributed by atoms with Crippen molar-refractivity contribution in [3.05, 3.63) is 35.5 Å². The number of H-pyrrole nitrogens is 1. The quantitative estimate of drug-likeness (QED) is 0.796. The van der Waals surface area contributed by atoms with Gasteiger partial charge >= 0.3 is 0 Å². The highest BCUT2D eigenvalue weighted by atomic mass is 16.5. The lowest BCUT2D eigenvalue weighted by Crippen LogP contribution is -2.16. The molecule has 0 fully saturated rings. The number of hydrogen-bond acceptors (Lipinski definition) is 4. The van der Waals surface area contributed by atoms with Gasteiger partial charge in [-0.05, 0) is 30.7 Å². The average Bonchev–Trinajstić information content (AvgIpc) is 2.92. The van der Waals surface area contributed by atoms with E-state index in [0.29, 0.717) is 18.2 Å². The third kappa shape index (κ3) is 1.52. The Bertz CT molecular complexity index is 619. The number of aromatic nitrogens is 1. The standard InChI is InChI=1S/C13H12N2O3/c1-8-4-10(2-3-11(8)17)15-7-18-12-5-9(6-16)14-13(12)15/h2-6,14,17H,7H2,1H3. The van der Waals surface area contributed by atoms with Gasteiger partial charge in [0.25, 0.3) is 0 Å². The number of anilines is 2. The van der Waals surface area contributed by atoms with Gasteiger partial charge in [-0.2, -0.15) is 0 Å². The third-order valence-corrected chi connectivity index (χ3v) is 3.02. The second-order valence-corrected chi connectivity index (χ2v) is 4.23. The van der Waals surface area contributed by atoms with Crippen molar-refractivity contribution in [3.63, 3.8) is 0 Å². The predicted octanol–water partition coefficient (Wildman–Crippen LogP) is 2.33. The van der Waals surface area contributed by atoms with Crippen molar-refractivity contribution in [2.45, 2.75) is 6.92 Å². The lowest BCUT2D eigenvalue weighted by atomic mass is 10.2. The van der Waals surface area contributed by atoms with Crippen LogP contribution in [-0.4, -0.2) is 23.1 Å². The van der Waals surface area contributed by atoms with Crippen LogP contribution in [0.5, 0.6) is 11.5 Å². The maximum Gasteiger partial charge on any atom is 0.167 e. The maximum absolute atomic E-state index is 10.7. The predicted molar refractivity (Wildman–Crippen MR) is 66.7 cm³/mol. The number of phenolic OH excluding ortho intramolecular Hbond substituents is 1. The summed E-state index contributed by atoms with van der Waals surface area (Å²) in [5.74, 6) is 1.70. The number of nitrogens with zero attached hydrogens (tertiary/aromatic N) is 1. The number of hydrogen-bond donors (Lipinski definition) is 2. The van der Waals surface area contributed by atoms with E-state index in [4.69, 9.17) is 4.74 Å². The van der Waals surface area contributed by atoms with E-state index >= 15 is 0 Å². The summed E-state index contributed by atoms with van der Waals surface area (Å²) in [5, 5.41) is 9.52. The number of carbonyl (C=O) groups is 1. The number of aromatic hydroxyl groups is 1. The zero-order valence-electron chi connectivity index (χ0n) is 9.80. The Kier molecular flexibility index (Phi) is 2.26. The second-order valence-electron chi connectivity index (χ2n) is 4.23. The minimum atomic E-state index is 0.263. The van der Waals surface area contributed by atoms with E-state index in [0.717, 1.165) is 23.4 Å². The van der Waals surface area contributed by atoms with Gasteiger partial charge in [-0.25, -0.2) is 0 Å². The number of ether oxygens (including phenoxy) is 1. The molecular formula is C13H12N2O3. The lowest BCUT2D eigenvalue weighted by Gasteiger charge is -2.16. The molecule has 0 saturated heterocycles. The van der Waals surface area contributed by atoms with Gasteiger partial charge in [0.15, 0.2) is 24.6 Å². The van der Waals surface area contributed by atoms with Crippen molar-refractivity contribution in [1.82, 2.24) is 4.98 Å². The largest absolute Gasteiger partial charge is 0.508 e. The van der Waals surface area contributed by atoms with Crippen LogP contribution in [0.1, 0.15) is 16.1 Å². The van der Waals surface area contributed by atoms with Crippen LogP contribution < -0.4 is 9.64 Å². The fourth-order valence-electron chi connectivity index (χ4n) is 2.03. The topological polar surface area (TPSA) is 65.6 Å². The first-order chi connectivity index (χ1) is 8.69. The summed E-state index contributed by atoms with van der Waals surface area (Å²) in [6.45, 7) is 2.23. The summed E-state index contributed by atoms with van der Waals surface area (Å²) in [6.07, 6.45) is 0.752. The molecule has 0 unspecified atom stereocenters. The van der Waals surface area contributed by atoms with E-state index in [1.807, 2.05) is 24.0 Å². The van der Waals surface area contributed by atoms with Gasteiger partial charge < -0.3 is 14.8 Å². The molecule has 0 radical (unpaired) electrons. The van der Waals surface area contributed by atoms with E-state index in [1.165, 1.54) is 0 Å². The third-order valence-electron chi connectivity index (χ3n) is 3.02. The molecule has 18 heavy (non-hydrogen) atoms. The number of benzene rings is 1. The molecule has 5 nitrogen and oxygen atoms in total. The molecule has 5 heteroatoms. The Hall–Kier alpha value is -2.43. The van der Waals surface area contributed by atoms with Crippen molar-refractivity contribution in [2.24, 2.45) is 0 Å². The average molecular weight is 244 g/mol. The highest BCUT2D eigenvalue weighted by Gasteiger charge is 2.25. The van der Waals surface area contributed by atoms with E-state index in [1.54, 1.807) is 12.1 Å². The van der Waals surface area contributed by atoms with Crippen LogP contribution in [0.3, 0.4) is 0 Å². The van der Waals surface area contributed by atoms with E-state index in [-0.39, 0.29) is 5.75 Å². The molecule has 1 aromatic heterocycles. The van der Waals surface area contributed by atoms with Crippen molar-refractivity contribution < 1.29 is 14.6 Å². The first-order valence-electron chi connectivity index (χ1n) is 5.57. The number of aryl methyl sites for hydroxylation is 1. The number of aldehydes is 1. The van der Waals surface area contributed by atoms with Crippen LogP contribution in [0, 0.1) is 6.92 Å². The molecular weight excluding hydrogens is 232 g/mol. The Morgan fingerprint density at radius 3 is 3.00 bits per heavy atom. The van der Waals surface area contributed by atoms with Crippen LogP contribution in [0.15, 0.2) is 24.3 Å². The van der Waals surface area contributed by atoms with Gasteiger partial charge in [-0.1, -0.05) is 0 Å². The number of fused-ring (bicyclic) bond motifs is 1. The zero-order valence-corrected chi connectivity index (χ0v) is 9.80. The molecule has 1 aliphatic heterocycles. The Morgan fingerprint density at radius 1 is 1.44 bits per heavy atom. The van der Waals surface area contributed by atoms with Crippen molar-refractivity contribution >= 4 is 17.8 Å². The van der Waals surface area contributed by atoms with Gasteiger partial charge in [0.05, 0.1) is 5.69 Å². The highest BCUT2D eigenvalue weighted by molar-refractivity contribution is 5.79. The molecule has 2 heterocycles. The summed E-state index contributed by atoms with van der Waals surface area (Å²) in [6, 6.07) is 7.00. The van der Waals surface area contributed by atoms with Crippen molar-refractivity contribution in [1.29, 1.82) is 0 Å². The van der Waals surface area contributed by atoms with Crippen LogP contribution in [0.2, 0.25) is 0 Å². The molecule has 0 bridgehead atoms. The zero-order chi connectivity index (χ0) is 12.7. The summed E-state index contributed by atoms with van der Waals surface area (Å²) in [7, 11) is 0. The number of phenols is 1. The Balaban J connectivity index is 2.02. The molecule has 0 spiro atoms. The smallest absolute Gasteiger partial charge is 0.167 e. The molecule has 2 N–H and O–H groups in total. The molecule has 0 atom stereocenters. The molecule has 0 amide bonds. The summed E-state index contributed by atoms with van der Waals surface area (Å²) in [4.78, 5) is 15.6. The molecule has 0 saturated carbocycles. The van der Waals surface area contributed by atoms with Gasteiger partial charge in [0.2, 0.25) is 0 Å². The normalized spacial score (nSPS) is 13.3. The number of carbonyl (C=O) groups excluding carboxylic acids is 1. The number of rotatable bonds is 2. The van der Waals surface area contributed by atoms with Crippen LogP contribution >= 0.6 is 0 Å². The van der Waals surface area contributed by atoms with E-state index < -0.39 is 0 Å². The van der Waals surface area contributed by atoms with Crippen molar-refractivity contribution in [2.75, 3.05) is 11.6 Å². The SMILES string of the molecule is Cc1cc(N2COc3cc(C=O)[nH]c32)ccc1O. The first-order valence-corrected chi connectivity index (χ1v) is 5.57. The minimum Gasteiger partial charge on any atom is -0.508 e. The fourth-order valence-corrected chi connectivity index (χ4v) is 2.03. The molecule has 1 aliphatic rings. The van der Waals surface area contributed by atoms with E-state index in [9.17, 15) is 9.90 Å². The lowest BCUT2D eigenvalue weighted by molar-refractivity contribution is 0.111. The molecule has 3 rings (SSSR count). The fraction of sp³-hybridized carbons (Fsp3) is 0.154. The van der Waals surface area contributed by atoms with Gasteiger partial charge in [0, 0.05) is 11.8 Å². The summed E-state index contributed by atoms with van der Waals surface area (Å²) < 4.78 is 5.49. The summed E-state index contributed by atoms with van der Waals surface area (Å²) >= 11 is 0. The van der Waals surface area contributed by atoms with E-state index in [2.05, 4.69) is 4.98 Å².